The predicted molar refractivity (Wildman–Crippen MR) is 37.0 cm³/mol. The minimum atomic E-state index is 0.0486. The van der Waals surface area contributed by atoms with Crippen LogP contribution in [0.5, 0.6) is 0 Å². The van der Waals surface area contributed by atoms with Crippen LogP contribution in [-0.4, -0.2) is 17.8 Å². The summed E-state index contributed by atoms with van der Waals surface area (Å²) in [6, 6.07) is 0.0486. The van der Waals surface area contributed by atoms with Crippen LogP contribution < -0.4 is 5.73 Å². The average molecular weight is 129 g/mol. The van der Waals surface area contributed by atoms with Crippen molar-refractivity contribution in [2.24, 2.45) is 11.7 Å². The molecule has 1 saturated carbocycles. The van der Waals surface area contributed by atoms with Gasteiger partial charge in [-0.1, -0.05) is 12.8 Å². The van der Waals surface area contributed by atoms with Crippen molar-refractivity contribution in [3.63, 3.8) is 0 Å². The lowest BCUT2D eigenvalue weighted by Crippen LogP contribution is -2.31. The Balaban J connectivity index is 2.24. The van der Waals surface area contributed by atoms with Crippen LogP contribution in [0.2, 0.25) is 0 Å². The van der Waals surface area contributed by atoms with E-state index in [4.69, 9.17) is 10.8 Å². The fraction of sp³-hybridized carbons (Fsp3) is 1.00. The summed E-state index contributed by atoms with van der Waals surface area (Å²) in [5.41, 5.74) is 5.63. The molecule has 0 aromatic carbocycles. The second-order valence-electron chi connectivity index (χ2n) is 2.89. The highest BCUT2D eigenvalue weighted by atomic mass is 16.3. The number of nitrogens with two attached hydrogens (primary N) is 1. The Hall–Kier alpha value is -0.0800. The third-order valence-electron chi connectivity index (χ3n) is 2.22. The lowest BCUT2D eigenvalue weighted by Gasteiger charge is -2.14. The lowest BCUT2D eigenvalue weighted by molar-refractivity contribution is 0.227. The summed E-state index contributed by atoms with van der Waals surface area (Å²) >= 11 is 0. The van der Waals surface area contributed by atoms with Gasteiger partial charge >= 0.3 is 0 Å². The molecular weight excluding hydrogens is 114 g/mol. The van der Waals surface area contributed by atoms with E-state index in [-0.39, 0.29) is 12.6 Å². The predicted octanol–water partition coefficient (Wildman–Crippen LogP) is 0.496. The molecule has 3 N–H and O–H groups in total. The van der Waals surface area contributed by atoms with Gasteiger partial charge in [0.25, 0.3) is 0 Å². The van der Waals surface area contributed by atoms with Crippen LogP contribution >= 0.6 is 0 Å². The van der Waals surface area contributed by atoms with Gasteiger partial charge in [-0.2, -0.15) is 0 Å². The molecule has 0 radical (unpaired) electrons. The van der Waals surface area contributed by atoms with E-state index in [9.17, 15) is 0 Å². The van der Waals surface area contributed by atoms with Crippen molar-refractivity contribution in [1.29, 1.82) is 0 Å². The lowest BCUT2D eigenvalue weighted by atomic mass is 10.0. The maximum atomic E-state index is 8.67. The molecule has 1 aliphatic rings. The summed E-state index contributed by atoms with van der Waals surface area (Å²) in [5.74, 6) is 0.606. The van der Waals surface area contributed by atoms with Crippen LogP contribution in [0, 0.1) is 5.92 Å². The Morgan fingerprint density at radius 1 is 1.44 bits per heavy atom. The molecule has 0 amide bonds. The van der Waals surface area contributed by atoms with Crippen LogP contribution in [0.15, 0.2) is 0 Å². The van der Waals surface area contributed by atoms with Gasteiger partial charge in [0.05, 0.1) is 6.61 Å². The van der Waals surface area contributed by atoms with Crippen molar-refractivity contribution >= 4 is 0 Å². The van der Waals surface area contributed by atoms with E-state index < -0.39 is 0 Å². The maximum absolute atomic E-state index is 8.67. The summed E-state index contributed by atoms with van der Waals surface area (Å²) in [4.78, 5) is 0. The monoisotopic (exact) mass is 129 g/mol. The minimum absolute atomic E-state index is 0.0486. The van der Waals surface area contributed by atoms with Gasteiger partial charge < -0.3 is 10.8 Å². The number of hydrogen-bond acceptors (Lipinski definition) is 2. The molecule has 9 heavy (non-hydrogen) atoms. The molecule has 2 nitrogen and oxygen atoms in total. The highest BCUT2D eigenvalue weighted by molar-refractivity contribution is 4.76. The van der Waals surface area contributed by atoms with Crippen LogP contribution in [0.3, 0.4) is 0 Å². The zero-order valence-corrected chi connectivity index (χ0v) is 5.71. The molecule has 0 unspecified atom stereocenters. The van der Waals surface area contributed by atoms with Crippen LogP contribution in [-0.2, 0) is 0 Å². The van der Waals surface area contributed by atoms with E-state index in [1.807, 2.05) is 0 Å². The first kappa shape index (κ1) is 7.03. The van der Waals surface area contributed by atoms with Gasteiger partial charge in [-0.05, 0) is 18.8 Å². The van der Waals surface area contributed by atoms with E-state index in [2.05, 4.69) is 0 Å². The Bertz CT molecular complexity index is 79.0. The molecule has 0 spiro atoms. The van der Waals surface area contributed by atoms with E-state index in [1.165, 1.54) is 25.7 Å². The van der Waals surface area contributed by atoms with E-state index in [1.54, 1.807) is 0 Å². The van der Waals surface area contributed by atoms with Crippen molar-refractivity contribution in [1.82, 2.24) is 0 Å². The molecule has 1 fully saturated rings. The van der Waals surface area contributed by atoms with Crippen molar-refractivity contribution in [3.05, 3.63) is 0 Å². The molecule has 0 saturated heterocycles. The quantitative estimate of drug-likeness (QED) is 0.570. The van der Waals surface area contributed by atoms with Crippen LogP contribution in [0.4, 0.5) is 0 Å². The summed E-state index contributed by atoms with van der Waals surface area (Å²) < 4.78 is 0. The Morgan fingerprint density at radius 2 is 2.00 bits per heavy atom. The SMILES string of the molecule is N[C@@H](CO)C1CCCC1. The maximum Gasteiger partial charge on any atom is 0.0585 e. The molecular formula is C7H15NO. The first-order valence-corrected chi connectivity index (χ1v) is 3.71. The smallest absolute Gasteiger partial charge is 0.0585 e. The summed E-state index contributed by atoms with van der Waals surface area (Å²) in [6.45, 7) is 0.157. The van der Waals surface area contributed by atoms with Gasteiger partial charge in [0.1, 0.15) is 0 Å². The zero-order chi connectivity index (χ0) is 6.69. The van der Waals surface area contributed by atoms with E-state index in [0.29, 0.717) is 5.92 Å². The normalized spacial score (nSPS) is 24.7. The van der Waals surface area contributed by atoms with Gasteiger partial charge in [0.2, 0.25) is 0 Å². The van der Waals surface area contributed by atoms with E-state index in [0.717, 1.165) is 0 Å². The van der Waals surface area contributed by atoms with Crippen LogP contribution in [0.25, 0.3) is 0 Å². The van der Waals surface area contributed by atoms with Gasteiger partial charge in [-0.25, -0.2) is 0 Å². The molecule has 1 atom stereocenters. The van der Waals surface area contributed by atoms with Crippen molar-refractivity contribution in [2.45, 2.75) is 31.7 Å². The second-order valence-corrected chi connectivity index (χ2v) is 2.89. The highest BCUT2D eigenvalue weighted by Crippen LogP contribution is 2.26. The summed E-state index contributed by atoms with van der Waals surface area (Å²) in [7, 11) is 0. The molecule has 1 rings (SSSR count). The minimum Gasteiger partial charge on any atom is -0.395 e. The first-order chi connectivity index (χ1) is 4.34. The average Bonchev–Trinajstić information content (AvgIpc) is 2.37. The van der Waals surface area contributed by atoms with Crippen molar-refractivity contribution in [3.8, 4) is 0 Å². The third kappa shape index (κ3) is 1.66. The van der Waals surface area contributed by atoms with Gasteiger partial charge in [-0.3, -0.25) is 0 Å². The van der Waals surface area contributed by atoms with Crippen molar-refractivity contribution < 1.29 is 5.11 Å². The number of aliphatic hydroxyl groups excluding tert-OH is 1. The summed E-state index contributed by atoms with van der Waals surface area (Å²) in [5, 5.41) is 8.67. The molecule has 0 bridgehead atoms. The largest absolute Gasteiger partial charge is 0.395 e. The Labute approximate surface area is 56.1 Å². The van der Waals surface area contributed by atoms with E-state index >= 15 is 0 Å². The van der Waals surface area contributed by atoms with Crippen molar-refractivity contribution in [2.75, 3.05) is 6.61 Å². The van der Waals surface area contributed by atoms with Gasteiger partial charge in [0.15, 0.2) is 0 Å². The van der Waals surface area contributed by atoms with Crippen LogP contribution in [0.1, 0.15) is 25.7 Å². The topological polar surface area (TPSA) is 46.2 Å². The fourth-order valence-electron chi connectivity index (χ4n) is 1.53. The zero-order valence-electron chi connectivity index (χ0n) is 5.71. The molecule has 2 heteroatoms. The molecule has 0 aliphatic heterocycles. The molecule has 0 aromatic heterocycles. The number of hydrogen-bond donors (Lipinski definition) is 2. The first-order valence-electron chi connectivity index (χ1n) is 3.71. The van der Waals surface area contributed by atoms with Gasteiger partial charge in [-0.15, -0.1) is 0 Å². The molecule has 0 aromatic rings. The Kier molecular flexibility index (Phi) is 2.49. The molecule has 0 heterocycles. The highest BCUT2D eigenvalue weighted by Gasteiger charge is 2.20. The summed E-state index contributed by atoms with van der Waals surface area (Å²) in [6.07, 6.45) is 5.06. The number of aliphatic hydroxyl groups is 1. The molecule has 1 aliphatic carbocycles. The fourth-order valence-corrected chi connectivity index (χ4v) is 1.53. The second kappa shape index (κ2) is 3.18. The molecule has 54 valence electrons. The standard InChI is InChI=1S/C7H15NO/c8-7(5-9)6-3-1-2-4-6/h6-7,9H,1-5,8H2/t7-/m0/s1. The number of rotatable bonds is 2. The van der Waals surface area contributed by atoms with Gasteiger partial charge in [0, 0.05) is 6.04 Å². The third-order valence-corrected chi connectivity index (χ3v) is 2.22. The Morgan fingerprint density at radius 3 is 2.44 bits per heavy atom.